The Kier molecular flexibility index (Phi) is 8.43. The van der Waals surface area contributed by atoms with Crippen molar-refractivity contribution in [3.8, 4) is 11.4 Å². The van der Waals surface area contributed by atoms with Gasteiger partial charge in [-0.3, -0.25) is 9.36 Å². The Morgan fingerprint density at radius 1 is 1.00 bits per heavy atom. The summed E-state index contributed by atoms with van der Waals surface area (Å²) in [6, 6.07) is 12.9. The van der Waals surface area contributed by atoms with Crippen LogP contribution in [0.2, 0.25) is 0 Å². The highest BCUT2D eigenvalue weighted by Gasteiger charge is 2.40. The summed E-state index contributed by atoms with van der Waals surface area (Å²) < 4.78 is 71.4. The number of hydrogen-bond acceptors (Lipinski definition) is 5. The standard InChI is InChI=1S/C33H31F4N3O3S/c1-33(21-5-10-25(35)29(18-21)42-2)11-3-4-28-30(33)40(23-8-6-22(34)7-9-23)32(38-28)44-19-24-26(36)16-20(17-27(24)37)31(41)39-12-14-43-15-13-39/h5-10,16-18H,3-4,11-15,19H2,1-2H3. The lowest BCUT2D eigenvalue weighted by molar-refractivity contribution is 0.0302. The molecule has 0 bridgehead atoms. The highest BCUT2D eigenvalue weighted by molar-refractivity contribution is 7.98. The molecular formula is C33H31F4N3O3S. The number of rotatable bonds is 7. The number of thioether (sulfide) groups is 1. The van der Waals surface area contributed by atoms with Crippen molar-refractivity contribution in [1.29, 1.82) is 0 Å². The Morgan fingerprint density at radius 3 is 2.39 bits per heavy atom. The molecule has 6 nitrogen and oxygen atoms in total. The van der Waals surface area contributed by atoms with E-state index in [4.69, 9.17) is 14.5 Å². The molecule has 3 aromatic carbocycles. The highest BCUT2D eigenvalue weighted by atomic mass is 32.2. The molecule has 1 aliphatic heterocycles. The van der Waals surface area contributed by atoms with Crippen LogP contribution in [0.3, 0.4) is 0 Å². The summed E-state index contributed by atoms with van der Waals surface area (Å²) in [5, 5.41) is 0.482. The fraction of sp³-hybridized carbons (Fsp3) is 0.333. The van der Waals surface area contributed by atoms with Crippen LogP contribution in [-0.4, -0.2) is 53.8 Å². The minimum atomic E-state index is -0.818. The summed E-state index contributed by atoms with van der Waals surface area (Å²) in [5.41, 5.74) is 2.27. The summed E-state index contributed by atoms with van der Waals surface area (Å²) >= 11 is 1.15. The number of aryl methyl sites for hydroxylation is 1. The molecule has 44 heavy (non-hydrogen) atoms. The Labute approximate surface area is 257 Å². The summed E-state index contributed by atoms with van der Waals surface area (Å²) in [4.78, 5) is 19.3. The molecule has 230 valence electrons. The van der Waals surface area contributed by atoms with E-state index in [1.807, 2.05) is 4.57 Å². The van der Waals surface area contributed by atoms with E-state index in [1.54, 1.807) is 24.3 Å². The lowest BCUT2D eigenvalue weighted by Crippen LogP contribution is -2.40. The maximum absolute atomic E-state index is 15.3. The molecule has 1 amide bonds. The largest absolute Gasteiger partial charge is 0.494 e. The number of fused-ring (bicyclic) bond motifs is 1. The molecule has 0 spiro atoms. The van der Waals surface area contributed by atoms with E-state index in [0.29, 0.717) is 43.6 Å². The average Bonchev–Trinajstić information content (AvgIpc) is 3.41. The van der Waals surface area contributed by atoms with E-state index in [-0.39, 0.29) is 22.6 Å². The zero-order chi connectivity index (χ0) is 31.0. The van der Waals surface area contributed by atoms with Gasteiger partial charge in [-0.25, -0.2) is 22.5 Å². The predicted octanol–water partition coefficient (Wildman–Crippen LogP) is 6.84. The van der Waals surface area contributed by atoms with Crippen LogP contribution in [0, 0.1) is 23.3 Å². The summed E-state index contributed by atoms with van der Waals surface area (Å²) in [6.07, 6.45) is 2.22. The molecule has 2 heterocycles. The second-order valence-electron chi connectivity index (χ2n) is 11.1. The molecule has 0 N–H and O–H groups in total. The second kappa shape index (κ2) is 12.3. The van der Waals surface area contributed by atoms with Gasteiger partial charge in [0, 0.05) is 41.1 Å². The van der Waals surface area contributed by atoms with Gasteiger partial charge in [-0.2, -0.15) is 0 Å². The normalized spacial score (nSPS) is 18.3. The highest BCUT2D eigenvalue weighted by Crippen LogP contribution is 2.46. The number of carbonyl (C=O) groups is 1. The molecule has 1 unspecified atom stereocenters. The predicted molar refractivity (Wildman–Crippen MR) is 159 cm³/mol. The van der Waals surface area contributed by atoms with Crippen molar-refractivity contribution in [3.05, 3.63) is 106 Å². The van der Waals surface area contributed by atoms with Crippen molar-refractivity contribution < 1.29 is 31.8 Å². The molecule has 0 saturated carbocycles. The number of hydrogen-bond donors (Lipinski definition) is 0. The van der Waals surface area contributed by atoms with Crippen molar-refractivity contribution in [2.24, 2.45) is 0 Å². The number of morpholine rings is 1. The van der Waals surface area contributed by atoms with E-state index in [0.717, 1.165) is 53.7 Å². The third-order valence-electron chi connectivity index (χ3n) is 8.44. The van der Waals surface area contributed by atoms with Gasteiger partial charge in [-0.1, -0.05) is 17.8 Å². The molecule has 0 radical (unpaired) electrons. The lowest BCUT2D eigenvalue weighted by atomic mass is 9.71. The number of halogens is 4. The number of methoxy groups -OCH3 is 1. The molecule has 1 aliphatic carbocycles. The summed E-state index contributed by atoms with van der Waals surface area (Å²) in [7, 11) is 1.41. The Bertz CT molecular complexity index is 1680. The van der Waals surface area contributed by atoms with Crippen LogP contribution in [0.15, 0.2) is 59.8 Å². The zero-order valence-corrected chi connectivity index (χ0v) is 25.2. The summed E-state index contributed by atoms with van der Waals surface area (Å²) in [6.45, 7) is 3.53. The van der Waals surface area contributed by atoms with Gasteiger partial charge >= 0.3 is 0 Å². The molecule has 1 saturated heterocycles. The first-order chi connectivity index (χ1) is 21.2. The van der Waals surface area contributed by atoms with Gasteiger partial charge in [0.2, 0.25) is 0 Å². The molecule has 2 aliphatic rings. The first-order valence-corrected chi connectivity index (χ1v) is 15.4. The number of amides is 1. The average molecular weight is 626 g/mol. The van der Waals surface area contributed by atoms with Gasteiger partial charge in [-0.15, -0.1) is 0 Å². The van der Waals surface area contributed by atoms with E-state index < -0.39 is 34.6 Å². The van der Waals surface area contributed by atoms with E-state index in [1.165, 1.54) is 30.2 Å². The maximum Gasteiger partial charge on any atom is 0.254 e. The van der Waals surface area contributed by atoms with Crippen LogP contribution in [0.4, 0.5) is 17.6 Å². The molecule has 1 atom stereocenters. The van der Waals surface area contributed by atoms with Crippen LogP contribution in [0.5, 0.6) is 5.75 Å². The molecule has 11 heteroatoms. The fourth-order valence-corrected chi connectivity index (χ4v) is 7.12. The minimum absolute atomic E-state index is 0.0515. The minimum Gasteiger partial charge on any atom is -0.494 e. The molecule has 6 rings (SSSR count). The van der Waals surface area contributed by atoms with Crippen LogP contribution in [-0.2, 0) is 22.3 Å². The molecule has 1 fully saturated rings. The number of aromatic nitrogens is 2. The van der Waals surface area contributed by atoms with Gasteiger partial charge in [-0.05, 0) is 80.3 Å². The fourth-order valence-electron chi connectivity index (χ4n) is 6.07. The number of imidazole rings is 1. The van der Waals surface area contributed by atoms with Gasteiger partial charge < -0.3 is 14.4 Å². The monoisotopic (exact) mass is 625 g/mol. The van der Waals surface area contributed by atoms with Crippen LogP contribution in [0.25, 0.3) is 5.69 Å². The Hall–Kier alpha value is -3.83. The zero-order valence-electron chi connectivity index (χ0n) is 24.3. The smallest absolute Gasteiger partial charge is 0.254 e. The molecule has 4 aromatic rings. The van der Waals surface area contributed by atoms with Crippen molar-refractivity contribution in [3.63, 3.8) is 0 Å². The van der Waals surface area contributed by atoms with Gasteiger partial charge in [0.1, 0.15) is 17.5 Å². The van der Waals surface area contributed by atoms with Crippen molar-refractivity contribution in [2.45, 2.75) is 42.5 Å². The number of nitrogens with zero attached hydrogens (tertiary/aromatic N) is 3. The Balaban J connectivity index is 1.38. The van der Waals surface area contributed by atoms with E-state index in [2.05, 4.69) is 6.92 Å². The number of ether oxygens (including phenoxy) is 2. The molecular weight excluding hydrogens is 594 g/mol. The topological polar surface area (TPSA) is 56.6 Å². The van der Waals surface area contributed by atoms with Crippen molar-refractivity contribution in [1.82, 2.24) is 14.5 Å². The van der Waals surface area contributed by atoms with E-state index >= 15 is 8.78 Å². The third kappa shape index (κ3) is 5.59. The third-order valence-corrected chi connectivity index (χ3v) is 9.40. The molecule has 1 aromatic heterocycles. The second-order valence-corrected chi connectivity index (χ2v) is 12.1. The Morgan fingerprint density at radius 2 is 1.70 bits per heavy atom. The van der Waals surface area contributed by atoms with Crippen LogP contribution in [0.1, 0.15) is 52.6 Å². The SMILES string of the molecule is COc1cc(C2(C)CCCc3nc(SCc4c(F)cc(C(=O)N5CCOCC5)cc4F)n(-c4ccc(F)cc4)c32)ccc1F. The van der Waals surface area contributed by atoms with Crippen molar-refractivity contribution >= 4 is 17.7 Å². The van der Waals surface area contributed by atoms with Gasteiger partial charge in [0.05, 0.1) is 31.7 Å². The maximum atomic E-state index is 15.3. The number of benzene rings is 3. The van der Waals surface area contributed by atoms with Gasteiger partial charge in [0.25, 0.3) is 5.91 Å². The number of carbonyl (C=O) groups excluding carboxylic acids is 1. The van der Waals surface area contributed by atoms with Crippen molar-refractivity contribution in [2.75, 3.05) is 33.4 Å². The first-order valence-electron chi connectivity index (χ1n) is 14.4. The summed E-state index contributed by atoms with van der Waals surface area (Å²) in [5.74, 6) is -2.92. The van der Waals surface area contributed by atoms with E-state index in [9.17, 15) is 13.6 Å². The quantitative estimate of drug-likeness (QED) is 0.166. The lowest BCUT2D eigenvalue weighted by Gasteiger charge is -2.36. The van der Waals surface area contributed by atoms with Gasteiger partial charge in [0.15, 0.2) is 16.7 Å². The van der Waals surface area contributed by atoms with Crippen LogP contribution >= 0.6 is 11.8 Å². The first kappa shape index (κ1) is 30.2. The van der Waals surface area contributed by atoms with Crippen LogP contribution < -0.4 is 4.74 Å².